The molecule has 3 rings (SSSR count). The van der Waals surface area contributed by atoms with Crippen molar-refractivity contribution in [2.45, 2.75) is 6.18 Å². The molecule has 0 spiro atoms. The van der Waals surface area contributed by atoms with Crippen LogP contribution in [0.5, 0.6) is 5.75 Å². The zero-order chi connectivity index (χ0) is 21.7. The molecule has 0 bridgehead atoms. The number of morpholine rings is 1. The van der Waals surface area contributed by atoms with Gasteiger partial charge in [-0.15, -0.1) is 0 Å². The fourth-order valence-electron chi connectivity index (χ4n) is 2.95. The van der Waals surface area contributed by atoms with Gasteiger partial charge in [0.05, 0.1) is 37.0 Å². The van der Waals surface area contributed by atoms with Crippen LogP contribution in [0.15, 0.2) is 41.5 Å². The molecule has 1 fully saturated rings. The van der Waals surface area contributed by atoms with Crippen LogP contribution in [0, 0.1) is 10.1 Å². The molecule has 0 aromatic heterocycles. The summed E-state index contributed by atoms with van der Waals surface area (Å²) < 4.78 is 49.1. The van der Waals surface area contributed by atoms with Gasteiger partial charge in [0.25, 0.3) is 5.69 Å². The van der Waals surface area contributed by atoms with Gasteiger partial charge in [-0.1, -0.05) is 0 Å². The number of ether oxygens (including phenoxy) is 2. The third kappa shape index (κ3) is 4.98. The molecule has 0 atom stereocenters. The highest BCUT2D eigenvalue weighted by Gasteiger charge is 2.33. The lowest BCUT2D eigenvalue weighted by Crippen LogP contribution is -2.36. The Morgan fingerprint density at radius 2 is 1.97 bits per heavy atom. The van der Waals surface area contributed by atoms with E-state index in [-0.39, 0.29) is 5.69 Å². The molecule has 0 saturated carbocycles. The average molecular weight is 424 g/mol. The summed E-state index contributed by atoms with van der Waals surface area (Å²) in [7, 11) is 1.50. The van der Waals surface area contributed by atoms with Crippen molar-refractivity contribution >= 4 is 23.3 Å². The zero-order valence-corrected chi connectivity index (χ0v) is 16.0. The zero-order valence-electron chi connectivity index (χ0n) is 16.0. The molecule has 30 heavy (non-hydrogen) atoms. The van der Waals surface area contributed by atoms with E-state index in [0.717, 1.165) is 30.9 Å². The first-order valence-electron chi connectivity index (χ1n) is 8.95. The first-order chi connectivity index (χ1) is 14.3. The van der Waals surface area contributed by atoms with E-state index in [9.17, 15) is 23.3 Å². The molecule has 2 aromatic carbocycles. The highest BCUT2D eigenvalue weighted by atomic mass is 19.4. The number of halogens is 3. The minimum Gasteiger partial charge on any atom is -0.496 e. The van der Waals surface area contributed by atoms with E-state index in [1.807, 2.05) is 12.1 Å². The van der Waals surface area contributed by atoms with Gasteiger partial charge in [0, 0.05) is 36.5 Å². The summed E-state index contributed by atoms with van der Waals surface area (Å²) in [6.07, 6.45) is -3.30. The summed E-state index contributed by atoms with van der Waals surface area (Å²) >= 11 is 0. The van der Waals surface area contributed by atoms with E-state index in [0.29, 0.717) is 30.6 Å². The molecular formula is C19H19F3N4O4. The molecule has 0 aliphatic carbocycles. The van der Waals surface area contributed by atoms with Crippen molar-refractivity contribution in [3.8, 4) is 5.75 Å². The minimum atomic E-state index is -4.68. The molecular weight excluding hydrogens is 405 g/mol. The third-order valence-corrected chi connectivity index (χ3v) is 4.50. The highest BCUT2D eigenvalue weighted by Crippen LogP contribution is 2.35. The number of rotatable bonds is 6. The summed E-state index contributed by atoms with van der Waals surface area (Å²) in [5.74, 6) is 0.534. The SMILES string of the molecule is COc1cc(N2CCOCC2)ccc1/C=N/Nc1ccc(C(F)(F)F)cc1[N+](=O)[O-]. The van der Waals surface area contributed by atoms with E-state index < -0.39 is 22.4 Å². The number of nitro benzene ring substituents is 1. The number of nitrogens with zero attached hydrogens (tertiary/aromatic N) is 3. The van der Waals surface area contributed by atoms with Crippen molar-refractivity contribution in [2.24, 2.45) is 5.10 Å². The van der Waals surface area contributed by atoms with Gasteiger partial charge in [0.1, 0.15) is 11.4 Å². The first-order valence-corrected chi connectivity index (χ1v) is 8.95. The van der Waals surface area contributed by atoms with Gasteiger partial charge in [0.2, 0.25) is 0 Å². The number of hydrazone groups is 1. The Hall–Kier alpha value is -3.34. The number of hydrogen-bond donors (Lipinski definition) is 1. The van der Waals surface area contributed by atoms with Crippen LogP contribution in [0.1, 0.15) is 11.1 Å². The summed E-state index contributed by atoms with van der Waals surface area (Å²) in [4.78, 5) is 12.4. The van der Waals surface area contributed by atoms with Crippen molar-refractivity contribution in [1.82, 2.24) is 0 Å². The quantitative estimate of drug-likeness (QED) is 0.430. The molecule has 1 heterocycles. The van der Waals surface area contributed by atoms with Gasteiger partial charge in [-0.05, 0) is 24.3 Å². The maximum absolute atomic E-state index is 12.8. The Morgan fingerprint density at radius 1 is 1.23 bits per heavy atom. The molecule has 1 saturated heterocycles. The molecule has 160 valence electrons. The lowest BCUT2D eigenvalue weighted by atomic mass is 10.1. The topological polar surface area (TPSA) is 89.2 Å². The van der Waals surface area contributed by atoms with Crippen LogP contribution in [0.25, 0.3) is 0 Å². The van der Waals surface area contributed by atoms with E-state index in [1.54, 1.807) is 6.07 Å². The summed E-state index contributed by atoms with van der Waals surface area (Å²) in [6.45, 7) is 2.80. The van der Waals surface area contributed by atoms with Crippen molar-refractivity contribution in [3.63, 3.8) is 0 Å². The van der Waals surface area contributed by atoms with Gasteiger partial charge in [-0.25, -0.2) is 0 Å². The van der Waals surface area contributed by atoms with Crippen LogP contribution in [-0.2, 0) is 10.9 Å². The molecule has 1 aliphatic rings. The smallest absolute Gasteiger partial charge is 0.416 e. The number of anilines is 2. The normalized spacial score (nSPS) is 14.7. The van der Waals surface area contributed by atoms with E-state index in [2.05, 4.69) is 15.4 Å². The number of alkyl halides is 3. The minimum absolute atomic E-state index is 0.159. The second kappa shape index (κ2) is 8.99. The van der Waals surface area contributed by atoms with Crippen LogP contribution in [0.4, 0.5) is 30.2 Å². The van der Waals surface area contributed by atoms with Gasteiger partial charge < -0.3 is 14.4 Å². The Morgan fingerprint density at radius 3 is 2.60 bits per heavy atom. The highest BCUT2D eigenvalue weighted by molar-refractivity contribution is 5.85. The molecule has 11 heteroatoms. The van der Waals surface area contributed by atoms with Crippen LogP contribution in [0.3, 0.4) is 0 Å². The Labute approximate surface area is 170 Å². The number of benzene rings is 2. The maximum Gasteiger partial charge on any atom is 0.416 e. The summed E-state index contributed by atoms with van der Waals surface area (Å²) in [5.41, 5.74) is 1.99. The molecule has 0 amide bonds. The molecule has 0 radical (unpaired) electrons. The summed E-state index contributed by atoms with van der Waals surface area (Å²) in [6, 6.07) is 7.69. The summed E-state index contributed by atoms with van der Waals surface area (Å²) in [5, 5.41) is 15.1. The monoisotopic (exact) mass is 424 g/mol. The largest absolute Gasteiger partial charge is 0.496 e. The van der Waals surface area contributed by atoms with E-state index in [4.69, 9.17) is 9.47 Å². The number of methoxy groups -OCH3 is 1. The van der Waals surface area contributed by atoms with Gasteiger partial charge >= 0.3 is 6.18 Å². The Kier molecular flexibility index (Phi) is 6.40. The van der Waals surface area contributed by atoms with Crippen molar-refractivity contribution in [1.29, 1.82) is 0 Å². The van der Waals surface area contributed by atoms with E-state index in [1.165, 1.54) is 13.3 Å². The molecule has 1 N–H and O–H groups in total. The second-order valence-electron chi connectivity index (χ2n) is 6.38. The predicted molar refractivity (Wildman–Crippen MR) is 105 cm³/mol. The van der Waals surface area contributed by atoms with Crippen LogP contribution >= 0.6 is 0 Å². The molecule has 1 aliphatic heterocycles. The molecule has 0 unspecified atom stereocenters. The lowest BCUT2D eigenvalue weighted by molar-refractivity contribution is -0.384. The maximum atomic E-state index is 12.8. The predicted octanol–water partition coefficient (Wildman–Crippen LogP) is 3.90. The van der Waals surface area contributed by atoms with Gasteiger partial charge in [0.15, 0.2) is 0 Å². The average Bonchev–Trinajstić information content (AvgIpc) is 2.73. The van der Waals surface area contributed by atoms with Crippen LogP contribution in [0.2, 0.25) is 0 Å². The molecule has 2 aromatic rings. The van der Waals surface area contributed by atoms with Crippen molar-refractivity contribution in [2.75, 3.05) is 43.7 Å². The lowest BCUT2D eigenvalue weighted by Gasteiger charge is -2.29. The van der Waals surface area contributed by atoms with Crippen LogP contribution in [-0.4, -0.2) is 44.6 Å². The number of nitrogens with one attached hydrogen (secondary N) is 1. The van der Waals surface area contributed by atoms with Crippen LogP contribution < -0.4 is 15.1 Å². The van der Waals surface area contributed by atoms with Gasteiger partial charge in [-0.3, -0.25) is 15.5 Å². The standard InChI is InChI=1S/C19H19F3N4O4/c1-29-18-11-15(25-6-8-30-9-7-25)4-2-13(18)12-23-24-16-5-3-14(19(20,21)22)10-17(16)26(27)28/h2-5,10-12,24H,6-9H2,1H3/b23-12+. The molecule has 8 nitrogen and oxygen atoms in total. The number of hydrogen-bond acceptors (Lipinski definition) is 7. The second-order valence-corrected chi connectivity index (χ2v) is 6.38. The van der Waals surface area contributed by atoms with Crippen molar-refractivity contribution in [3.05, 3.63) is 57.6 Å². The fraction of sp³-hybridized carbons (Fsp3) is 0.316. The first kappa shape index (κ1) is 21.4. The third-order valence-electron chi connectivity index (χ3n) is 4.50. The van der Waals surface area contributed by atoms with Gasteiger partial charge in [-0.2, -0.15) is 18.3 Å². The van der Waals surface area contributed by atoms with E-state index >= 15 is 0 Å². The van der Waals surface area contributed by atoms with Crippen molar-refractivity contribution < 1.29 is 27.6 Å². The Bertz CT molecular complexity index is 944. The Balaban J connectivity index is 1.78. The number of nitro groups is 1. The fourth-order valence-corrected chi connectivity index (χ4v) is 2.95.